The first-order valence-corrected chi connectivity index (χ1v) is 3.50. The summed E-state index contributed by atoms with van der Waals surface area (Å²) in [4.78, 5) is 8.03. The molecule has 0 bridgehead atoms. The lowest BCUT2D eigenvalue weighted by Gasteiger charge is -1.86. The summed E-state index contributed by atoms with van der Waals surface area (Å²) in [7, 11) is -2.53. The second-order valence-electron chi connectivity index (χ2n) is 1.07. The van der Waals surface area contributed by atoms with Gasteiger partial charge in [-0.1, -0.05) is 0 Å². The van der Waals surface area contributed by atoms with Crippen LogP contribution in [0.1, 0.15) is 6.92 Å². The van der Waals surface area contributed by atoms with Gasteiger partial charge in [-0.25, -0.2) is 4.52 Å². The standard InChI is InChI=1S/C4H7O4P/c1-2-7-3-4-8-9(5)6/h3-4H,2H2,1H3/p+1/b4-3+. The molecule has 0 aromatic carbocycles. The first kappa shape index (κ1) is 8.40. The van der Waals surface area contributed by atoms with Crippen LogP contribution in [0.2, 0.25) is 0 Å². The Morgan fingerprint density at radius 2 is 2.33 bits per heavy atom. The van der Waals surface area contributed by atoms with Gasteiger partial charge in [0.15, 0.2) is 6.26 Å². The van der Waals surface area contributed by atoms with Gasteiger partial charge in [-0.05, 0) is 6.92 Å². The Morgan fingerprint density at radius 3 is 2.78 bits per heavy atom. The molecule has 52 valence electrons. The molecule has 0 saturated heterocycles. The van der Waals surface area contributed by atoms with Gasteiger partial charge in [-0.2, -0.15) is 0 Å². The fourth-order valence-electron chi connectivity index (χ4n) is 0.212. The van der Waals surface area contributed by atoms with E-state index in [2.05, 4.69) is 9.26 Å². The minimum absolute atomic E-state index is 0.516. The third-order valence-corrected chi connectivity index (χ3v) is 0.772. The molecule has 9 heavy (non-hydrogen) atoms. The summed E-state index contributed by atoms with van der Waals surface area (Å²) in [5.41, 5.74) is 0. The minimum atomic E-state index is -2.53. The van der Waals surface area contributed by atoms with Crippen LogP contribution >= 0.6 is 8.25 Å². The van der Waals surface area contributed by atoms with Gasteiger partial charge in [0.05, 0.1) is 6.61 Å². The van der Waals surface area contributed by atoms with Crippen LogP contribution in [0.25, 0.3) is 0 Å². The maximum Gasteiger partial charge on any atom is 0.746 e. The van der Waals surface area contributed by atoms with Crippen molar-refractivity contribution in [3.8, 4) is 0 Å². The van der Waals surface area contributed by atoms with E-state index in [1.165, 1.54) is 6.26 Å². The molecule has 0 saturated carbocycles. The van der Waals surface area contributed by atoms with E-state index >= 15 is 0 Å². The first-order chi connectivity index (χ1) is 4.27. The van der Waals surface area contributed by atoms with Crippen molar-refractivity contribution in [1.29, 1.82) is 0 Å². The Balaban J connectivity index is 3.14. The SMILES string of the molecule is CCO/C=C/O[P+](=O)O. The number of hydrogen-bond donors (Lipinski definition) is 1. The summed E-state index contributed by atoms with van der Waals surface area (Å²) in [6, 6.07) is 0. The Kier molecular flexibility index (Phi) is 5.17. The van der Waals surface area contributed by atoms with Gasteiger partial charge in [0.25, 0.3) is 0 Å². The van der Waals surface area contributed by atoms with Crippen molar-refractivity contribution in [2.75, 3.05) is 6.61 Å². The van der Waals surface area contributed by atoms with E-state index < -0.39 is 8.25 Å². The highest BCUT2D eigenvalue weighted by Crippen LogP contribution is 2.13. The smallest absolute Gasteiger partial charge is 0.498 e. The van der Waals surface area contributed by atoms with Crippen LogP contribution < -0.4 is 0 Å². The minimum Gasteiger partial charge on any atom is -0.498 e. The van der Waals surface area contributed by atoms with Gasteiger partial charge in [-0.3, -0.25) is 0 Å². The van der Waals surface area contributed by atoms with Gasteiger partial charge in [-0.15, -0.1) is 4.89 Å². The Hall–Kier alpha value is -0.600. The van der Waals surface area contributed by atoms with Crippen LogP contribution in [0.4, 0.5) is 0 Å². The summed E-state index contributed by atoms with van der Waals surface area (Å²) < 4.78 is 18.5. The molecule has 1 unspecified atom stereocenters. The highest BCUT2D eigenvalue weighted by molar-refractivity contribution is 7.32. The second-order valence-corrected chi connectivity index (χ2v) is 1.76. The molecule has 0 fully saturated rings. The number of rotatable bonds is 4. The third kappa shape index (κ3) is 7.40. The fourth-order valence-corrected chi connectivity index (χ4v) is 0.366. The molecule has 5 heteroatoms. The topological polar surface area (TPSA) is 55.8 Å². The molecular weight excluding hydrogens is 143 g/mol. The Labute approximate surface area is 54.0 Å². The molecule has 0 aliphatic rings. The quantitative estimate of drug-likeness (QED) is 0.483. The normalized spacial score (nSPS) is 11.6. The van der Waals surface area contributed by atoms with Crippen LogP contribution in [0.5, 0.6) is 0 Å². The number of hydrogen-bond acceptors (Lipinski definition) is 3. The highest BCUT2D eigenvalue weighted by Gasteiger charge is 2.06. The van der Waals surface area contributed by atoms with E-state index in [1.807, 2.05) is 0 Å². The van der Waals surface area contributed by atoms with Crippen LogP contribution in [0.15, 0.2) is 12.5 Å². The molecule has 1 N–H and O–H groups in total. The second kappa shape index (κ2) is 5.54. The molecule has 0 aromatic heterocycles. The zero-order chi connectivity index (χ0) is 7.11. The van der Waals surface area contributed by atoms with E-state index in [0.29, 0.717) is 6.61 Å². The van der Waals surface area contributed by atoms with E-state index in [9.17, 15) is 4.57 Å². The highest BCUT2D eigenvalue weighted by atomic mass is 31.1. The van der Waals surface area contributed by atoms with Crippen LogP contribution in [0, 0.1) is 0 Å². The van der Waals surface area contributed by atoms with Crippen molar-refractivity contribution in [3.63, 3.8) is 0 Å². The van der Waals surface area contributed by atoms with Crippen molar-refractivity contribution in [2.24, 2.45) is 0 Å². The molecule has 0 amide bonds. The fraction of sp³-hybridized carbons (Fsp3) is 0.500. The third-order valence-electron chi connectivity index (χ3n) is 0.469. The molecule has 1 atom stereocenters. The van der Waals surface area contributed by atoms with Gasteiger partial charge in [0.2, 0.25) is 0 Å². The molecule has 0 radical (unpaired) electrons. The number of ether oxygens (including phenoxy) is 1. The molecule has 0 aliphatic carbocycles. The maximum absolute atomic E-state index is 9.78. The Bertz CT molecular complexity index is 111. The van der Waals surface area contributed by atoms with Crippen LogP contribution in [0.3, 0.4) is 0 Å². The van der Waals surface area contributed by atoms with Crippen molar-refractivity contribution in [2.45, 2.75) is 6.92 Å². The van der Waals surface area contributed by atoms with Crippen LogP contribution in [-0.2, 0) is 13.8 Å². The summed E-state index contributed by atoms with van der Waals surface area (Å²) in [5, 5.41) is 0. The molecule has 4 nitrogen and oxygen atoms in total. The van der Waals surface area contributed by atoms with Gasteiger partial charge < -0.3 is 4.74 Å². The van der Waals surface area contributed by atoms with Crippen molar-refractivity contribution in [3.05, 3.63) is 12.5 Å². The van der Waals surface area contributed by atoms with Gasteiger partial charge in [0, 0.05) is 4.57 Å². The molecule has 0 aromatic rings. The van der Waals surface area contributed by atoms with E-state index in [-0.39, 0.29) is 0 Å². The molecule has 0 heterocycles. The average molecular weight is 151 g/mol. The molecule has 0 rings (SSSR count). The van der Waals surface area contributed by atoms with E-state index in [4.69, 9.17) is 4.89 Å². The van der Waals surface area contributed by atoms with Crippen molar-refractivity contribution >= 4 is 8.25 Å². The lowest BCUT2D eigenvalue weighted by molar-refractivity contribution is 0.256. The summed E-state index contributed by atoms with van der Waals surface area (Å²) in [6.07, 6.45) is 2.24. The summed E-state index contributed by atoms with van der Waals surface area (Å²) in [6.45, 7) is 2.31. The van der Waals surface area contributed by atoms with Gasteiger partial charge >= 0.3 is 8.25 Å². The molecule has 0 aliphatic heterocycles. The zero-order valence-electron chi connectivity index (χ0n) is 4.98. The molecular formula is C4H8O4P+. The predicted octanol–water partition coefficient (Wildman–Crippen LogP) is 1.16. The van der Waals surface area contributed by atoms with E-state index in [1.54, 1.807) is 6.92 Å². The average Bonchev–Trinajstić information content (AvgIpc) is 1.80. The Morgan fingerprint density at radius 1 is 1.67 bits per heavy atom. The first-order valence-electron chi connectivity index (χ1n) is 2.37. The largest absolute Gasteiger partial charge is 0.746 e. The zero-order valence-corrected chi connectivity index (χ0v) is 5.88. The van der Waals surface area contributed by atoms with E-state index in [0.717, 1.165) is 6.26 Å². The lowest BCUT2D eigenvalue weighted by atomic mass is 10.9. The maximum atomic E-state index is 9.78. The van der Waals surface area contributed by atoms with Crippen LogP contribution in [-0.4, -0.2) is 11.5 Å². The summed E-state index contributed by atoms with van der Waals surface area (Å²) in [5.74, 6) is 0. The summed E-state index contributed by atoms with van der Waals surface area (Å²) >= 11 is 0. The van der Waals surface area contributed by atoms with Crippen molar-refractivity contribution in [1.82, 2.24) is 0 Å². The lowest BCUT2D eigenvalue weighted by Crippen LogP contribution is -1.76. The predicted molar refractivity (Wildman–Crippen MR) is 31.7 cm³/mol. The van der Waals surface area contributed by atoms with Crippen molar-refractivity contribution < 1.29 is 18.7 Å². The monoisotopic (exact) mass is 151 g/mol. The molecule has 0 spiro atoms. The van der Waals surface area contributed by atoms with Gasteiger partial charge in [0.1, 0.15) is 6.26 Å².